The molecule has 0 amide bonds. The van der Waals surface area contributed by atoms with Crippen LogP contribution in [0, 0.1) is 16.7 Å². The number of rotatable bonds is 2. The number of ketones is 1. The second kappa shape index (κ2) is 3.65. The lowest BCUT2D eigenvalue weighted by atomic mass is 9.70. The molecule has 18 heavy (non-hydrogen) atoms. The molecule has 2 bridgehead atoms. The highest BCUT2D eigenvalue weighted by atomic mass is 32.2. The highest BCUT2D eigenvalue weighted by Crippen LogP contribution is 2.66. The lowest BCUT2D eigenvalue weighted by Crippen LogP contribution is -2.41. The van der Waals surface area contributed by atoms with Gasteiger partial charge < -0.3 is 0 Å². The molecule has 0 aromatic heterocycles. The highest BCUT2D eigenvalue weighted by molar-refractivity contribution is 8.28. The Labute approximate surface area is 113 Å². The van der Waals surface area contributed by atoms with Gasteiger partial charge in [0, 0.05) is 11.8 Å². The average molecular weight is 268 g/mol. The molecule has 2 aliphatic rings. The van der Waals surface area contributed by atoms with Crippen molar-refractivity contribution in [1.29, 1.82) is 0 Å². The van der Waals surface area contributed by atoms with Crippen LogP contribution in [0.3, 0.4) is 0 Å². The molecule has 1 nitrogen and oxygen atoms in total. The fourth-order valence-corrected chi connectivity index (χ4v) is 5.85. The summed E-state index contributed by atoms with van der Waals surface area (Å²) in [7, 11) is -1.25. The second-order valence-corrected chi connectivity index (χ2v) is 11.6. The fourth-order valence-electron chi connectivity index (χ4n) is 3.80. The lowest BCUT2D eigenvalue weighted by molar-refractivity contribution is -0.127. The zero-order chi connectivity index (χ0) is 14.0. The molecule has 0 N–H and O–H groups in total. The van der Waals surface area contributed by atoms with Crippen LogP contribution in [0.25, 0.3) is 0 Å². The molecule has 0 aromatic rings. The van der Waals surface area contributed by atoms with Gasteiger partial charge in [-0.1, -0.05) is 46.4 Å². The summed E-state index contributed by atoms with van der Waals surface area (Å²) in [4.78, 5) is 12.5. The van der Waals surface area contributed by atoms with E-state index in [4.69, 9.17) is 0 Å². The number of carbonyl (C=O) groups excluding carboxylic acids is 1. The Balaban J connectivity index is 2.42. The Hall–Kier alpha value is -0.240. The van der Waals surface area contributed by atoms with Gasteiger partial charge in [-0.25, -0.2) is 9.21 Å². The first-order valence-corrected chi connectivity index (χ1v) is 9.08. The van der Waals surface area contributed by atoms with Crippen LogP contribution >= 0.6 is 9.21 Å². The summed E-state index contributed by atoms with van der Waals surface area (Å²) in [6.07, 6.45) is 3.09. The first-order chi connectivity index (χ1) is 7.94. The molecule has 0 radical (unpaired) electrons. The Morgan fingerprint density at radius 1 is 1.33 bits per heavy atom. The Morgan fingerprint density at radius 3 is 2.22 bits per heavy atom. The van der Waals surface area contributed by atoms with E-state index >= 15 is 0 Å². The van der Waals surface area contributed by atoms with E-state index in [9.17, 15) is 4.79 Å². The van der Waals surface area contributed by atoms with Crippen molar-refractivity contribution in [1.82, 2.24) is 0 Å². The summed E-state index contributed by atoms with van der Waals surface area (Å²) in [5.74, 6) is 10.9. The van der Waals surface area contributed by atoms with E-state index in [2.05, 4.69) is 46.4 Å². The molecule has 2 heteroatoms. The molecule has 2 saturated carbocycles. The number of hydrogen-bond donors (Lipinski definition) is 0. The zero-order valence-corrected chi connectivity index (χ0v) is 13.5. The van der Waals surface area contributed by atoms with Crippen molar-refractivity contribution < 1.29 is 4.79 Å². The van der Waals surface area contributed by atoms with E-state index in [1.54, 1.807) is 0 Å². The third kappa shape index (κ3) is 1.64. The van der Waals surface area contributed by atoms with Crippen molar-refractivity contribution in [2.45, 2.75) is 58.6 Å². The molecule has 2 aliphatic carbocycles. The maximum Gasteiger partial charge on any atom is 0.140 e. The van der Waals surface area contributed by atoms with E-state index in [-0.39, 0.29) is 15.6 Å². The fraction of sp³-hybridized carbons (Fsp3) is 0.812. The van der Waals surface area contributed by atoms with Gasteiger partial charge in [0.15, 0.2) is 0 Å². The maximum absolute atomic E-state index is 12.5. The first-order valence-electron chi connectivity index (χ1n) is 6.94. The van der Waals surface area contributed by atoms with Crippen molar-refractivity contribution in [2.75, 3.05) is 5.75 Å². The summed E-state index contributed by atoms with van der Waals surface area (Å²) in [5, 5.41) is 0. The number of hydrogen-bond acceptors (Lipinski definition) is 1. The molecule has 0 saturated heterocycles. The van der Waals surface area contributed by atoms with E-state index in [1.807, 2.05) is 0 Å². The van der Waals surface area contributed by atoms with Crippen LogP contribution in [0.4, 0.5) is 0 Å². The quantitative estimate of drug-likeness (QED) is 0.695. The monoisotopic (exact) mass is 268 g/mol. The minimum atomic E-state index is -1.25. The van der Waals surface area contributed by atoms with Gasteiger partial charge in [0.1, 0.15) is 5.78 Å². The van der Waals surface area contributed by atoms with Gasteiger partial charge in [0.05, 0.1) is 0 Å². The molecule has 0 spiro atoms. The predicted octanol–water partition coefficient (Wildman–Crippen LogP) is 3.85. The van der Waals surface area contributed by atoms with Gasteiger partial charge >= 0.3 is 0 Å². The minimum Gasteiger partial charge on any atom is -0.299 e. The molecule has 2 fully saturated rings. The van der Waals surface area contributed by atoms with Crippen LogP contribution < -0.4 is 0 Å². The van der Waals surface area contributed by atoms with E-state index in [1.165, 1.54) is 6.42 Å². The molecular weight excluding hydrogens is 240 g/mol. The van der Waals surface area contributed by atoms with Crippen molar-refractivity contribution in [3.63, 3.8) is 0 Å². The number of Topliss-reactive ketones (excluding diaryl/α,β-unsaturated/α-hetero) is 1. The Bertz CT molecular complexity index is 476. The molecule has 0 unspecified atom stereocenters. The standard InChI is InChI=1S/C16H28OS/c1-14(2,3)18(6,7)11-16-9-8-12(10-13(16)17)15(16,4)5/h12H,6-11H2,1-5H3/t12-,16+/m0/s1. The smallest absolute Gasteiger partial charge is 0.140 e. The number of fused-ring (bicyclic) bond motifs is 2. The SMILES string of the molecule is C=S(=C)(C[C@]12CC[C@@H](CC1=O)C2(C)C)C(C)(C)C. The van der Waals surface area contributed by atoms with Crippen molar-refractivity contribution >= 4 is 26.7 Å². The Kier molecular flexibility index (Phi) is 2.88. The molecule has 0 heterocycles. The summed E-state index contributed by atoms with van der Waals surface area (Å²) < 4.78 is 0.110. The van der Waals surface area contributed by atoms with Gasteiger partial charge in [-0.2, -0.15) is 0 Å². The Morgan fingerprint density at radius 2 is 1.89 bits per heavy atom. The van der Waals surface area contributed by atoms with Crippen molar-refractivity contribution in [3.8, 4) is 0 Å². The van der Waals surface area contributed by atoms with Crippen LogP contribution in [0.1, 0.15) is 53.9 Å². The molecule has 0 aliphatic heterocycles. The maximum atomic E-state index is 12.5. The van der Waals surface area contributed by atoms with Crippen LogP contribution in [0.5, 0.6) is 0 Å². The summed E-state index contributed by atoms with van der Waals surface area (Å²) in [6, 6.07) is 0. The lowest BCUT2D eigenvalue weighted by Gasteiger charge is -2.43. The summed E-state index contributed by atoms with van der Waals surface area (Å²) in [5.41, 5.74) is 0.0345. The molecular formula is C16H28OS. The minimum absolute atomic E-state index is 0.110. The van der Waals surface area contributed by atoms with E-state index in [0.717, 1.165) is 18.6 Å². The molecule has 0 aromatic carbocycles. The van der Waals surface area contributed by atoms with Gasteiger partial charge in [0.2, 0.25) is 0 Å². The zero-order valence-electron chi connectivity index (χ0n) is 12.6. The predicted molar refractivity (Wildman–Crippen MR) is 85.0 cm³/mol. The van der Waals surface area contributed by atoms with Gasteiger partial charge in [-0.15, -0.1) is 0 Å². The highest BCUT2D eigenvalue weighted by Gasteiger charge is 2.64. The van der Waals surface area contributed by atoms with Gasteiger partial charge in [-0.3, -0.25) is 4.79 Å². The first kappa shape index (κ1) is 14.2. The second-order valence-electron chi connectivity index (χ2n) is 7.97. The molecule has 2 atom stereocenters. The normalized spacial score (nSPS) is 35.2. The summed E-state index contributed by atoms with van der Waals surface area (Å²) >= 11 is 0. The van der Waals surface area contributed by atoms with Crippen molar-refractivity contribution in [2.24, 2.45) is 16.7 Å². The third-order valence-electron chi connectivity index (χ3n) is 5.96. The third-order valence-corrected chi connectivity index (χ3v) is 9.60. The molecule has 2 rings (SSSR count). The summed E-state index contributed by atoms with van der Waals surface area (Å²) in [6.45, 7) is 11.3. The average Bonchev–Trinajstić information content (AvgIpc) is 2.48. The van der Waals surface area contributed by atoms with E-state index < -0.39 is 9.21 Å². The van der Waals surface area contributed by atoms with Crippen LogP contribution in [-0.4, -0.2) is 28.0 Å². The topological polar surface area (TPSA) is 17.1 Å². The van der Waals surface area contributed by atoms with Gasteiger partial charge in [-0.05, 0) is 34.7 Å². The van der Waals surface area contributed by atoms with Gasteiger partial charge in [0.25, 0.3) is 0 Å². The largest absolute Gasteiger partial charge is 0.299 e. The van der Waals surface area contributed by atoms with E-state index in [0.29, 0.717) is 11.7 Å². The van der Waals surface area contributed by atoms with Crippen LogP contribution in [-0.2, 0) is 4.79 Å². The van der Waals surface area contributed by atoms with Crippen LogP contribution in [0.15, 0.2) is 0 Å². The number of carbonyl (C=O) groups is 1. The molecule has 104 valence electrons. The van der Waals surface area contributed by atoms with Crippen molar-refractivity contribution in [3.05, 3.63) is 0 Å². The van der Waals surface area contributed by atoms with Crippen LogP contribution in [0.2, 0.25) is 0 Å².